The van der Waals surface area contributed by atoms with E-state index in [9.17, 15) is 9.59 Å². The summed E-state index contributed by atoms with van der Waals surface area (Å²) >= 11 is 3.90. The Morgan fingerprint density at radius 1 is 1.62 bits per heavy atom. The van der Waals surface area contributed by atoms with Crippen molar-refractivity contribution >= 4 is 24.4 Å². The van der Waals surface area contributed by atoms with E-state index >= 15 is 0 Å². The maximum Gasteiger partial charge on any atom is 0.326 e. The van der Waals surface area contributed by atoms with Crippen LogP contribution in [0.15, 0.2) is 0 Å². The van der Waals surface area contributed by atoms with E-state index in [1.54, 1.807) is 0 Å². The maximum atomic E-state index is 10.9. The first kappa shape index (κ1) is 12.4. The summed E-state index contributed by atoms with van der Waals surface area (Å²) < 4.78 is 0. The molecule has 0 aromatic heterocycles. The van der Waals surface area contributed by atoms with Gasteiger partial charge in [0.05, 0.1) is 0 Å². The first-order chi connectivity index (χ1) is 5.86. The Morgan fingerprint density at radius 2 is 2.08 bits per heavy atom. The fourth-order valence-electron chi connectivity index (χ4n) is 0.998. The lowest BCUT2D eigenvalue weighted by Gasteiger charge is -2.32. The summed E-state index contributed by atoms with van der Waals surface area (Å²) in [7, 11) is 1.41. The van der Waals surface area contributed by atoms with Crippen LogP contribution in [0.1, 0.15) is 13.3 Å². The number of ketones is 1. The smallest absolute Gasteiger partial charge is 0.326 e. The predicted octanol–water partition coefficient (Wildman–Crippen LogP) is -0.476. The molecular formula is C7H14N2O3S. The molecule has 0 fully saturated rings. The minimum Gasteiger partial charge on any atom is -0.480 e. The zero-order chi connectivity index (χ0) is 10.6. The van der Waals surface area contributed by atoms with E-state index in [4.69, 9.17) is 10.9 Å². The number of Topliss-reactive ketones (excluding diaryl/α,β-unsaturated/α-hetero) is 1. The Labute approximate surface area is 82.3 Å². The number of carbonyl (C=O) groups is 2. The molecule has 0 heterocycles. The Bertz CT molecular complexity index is 220. The lowest BCUT2D eigenvalue weighted by atomic mass is 9.95. The molecule has 76 valence electrons. The second-order valence-electron chi connectivity index (χ2n) is 2.98. The Hall–Kier alpha value is -0.590. The fraction of sp³-hybridized carbons (Fsp3) is 0.714. The van der Waals surface area contributed by atoms with Gasteiger partial charge in [-0.15, -0.1) is 0 Å². The van der Waals surface area contributed by atoms with Gasteiger partial charge in [0.1, 0.15) is 11.3 Å². The largest absolute Gasteiger partial charge is 0.480 e. The van der Waals surface area contributed by atoms with Gasteiger partial charge in [-0.2, -0.15) is 12.6 Å². The van der Waals surface area contributed by atoms with E-state index in [0.717, 1.165) is 5.01 Å². The van der Waals surface area contributed by atoms with Crippen LogP contribution in [0.25, 0.3) is 0 Å². The van der Waals surface area contributed by atoms with Gasteiger partial charge in [0.25, 0.3) is 0 Å². The van der Waals surface area contributed by atoms with E-state index in [2.05, 4.69) is 12.6 Å². The van der Waals surface area contributed by atoms with Crippen molar-refractivity contribution in [2.45, 2.75) is 18.9 Å². The van der Waals surface area contributed by atoms with Crippen LogP contribution < -0.4 is 5.84 Å². The summed E-state index contributed by atoms with van der Waals surface area (Å²) in [6, 6.07) is 0. The molecule has 5 nitrogen and oxygen atoms in total. The highest BCUT2D eigenvalue weighted by Crippen LogP contribution is 2.18. The van der Waals surface area contributed by atoms with Gasteiger partial charge in [-0.25, -0.2) is 5.01 Å². The minimum absolute atomic E-state index is 0.00505. The topological polar surface area (TPSA) is 83.6 Å². The van der Waals surface area contributed by atoms with E-state index in [0.29, 0.717) is 0 Å². The molecule has 0 aliphatic carbocycles. The van der Waals surface area contributed by atoms with Crippen LogP contribution >= 0.6 is 12.6 Å². The summed E-state index contributed by atoms with van der Waals surface area (Å²) in [5, 5.41) is 9.94. The van der Waals surface area contributed by atoms with E-state index in [-0.39, 0.29) is 18.0 Å². The van der Waals surface area contributed by atoms with Crippen molar-refractivity contribution in [3.05, 3.63) is 0 Å². The van der Waals surface area contributed by atoms with Crippen LogP contribution in [0.5, 0.6) is 0 Å². The van der Waals surface area contributed by atoms with Crippen LogP contribution in [-0.4, -0.2) is 40.2 Å². The Morgan fingerprint density at radius 3 is 2.15 bits per heavy atom. The van der Waals surface area contributed by atoms with Crippen molar-refractivity contribution in [1.29, 1.82) is 0 Å². The molecule has 0 saturated carbocycles. The number of thiol groups is 1. The number of hydrogen-bond acceptors (Lipinski definition) is 5. The molecule has 0 aliphatic heterocycles. The van der Waals surface area contributed by atoms with Gasteiger partial charge < -0.3 is 5.11 Å². The van der Waals surface area contributed by atoms with Crippen molar-refractivity contribution < 1.29 is 14.7 Å². The van der Waals surface area contributed by atoms with Gasteiger partial charge in [-0.05, 0) is 6.92 Å². The van der Waals surface area contributed by atoms with E-state index < -0.39 is 11.5 Å². The summed E-state index contributed by atoms with van der Waals surface area (Å²) in [6.07, 6.45) is -0.140. The summed E-state index contributed by atoms with van der Waals surface area (Å²) in [6.45, 7) is 1.32. The first-order valence-corrected chi connectivity index (χ1v) is 4.32. The number of nitrogens with two attached hydrogens (primary N) is 1. The van der Waals surface area contributed by atoms with Crippen LogP contribution in [0.2, 0.25) is 0 Å². The zero-order valence-electron chi connectivity index (χ0n) is 7.65. The van der Waals surface area contributed by atoms with Crippen LogP contribution in [0, 0.1) is 0 Å². The number of likely N-dealkylation sites (N-methyl/N-ethyl adjacent to an activating group) is 1. The molecule has 0 aromatic rings. The standard InChI is InChI=1S/C7H14N2O3S/c1-5(10)3-7(4-13,6(11)12)9(2)8/h13H,3-4,8H2,1-2H3,(H,11,12)/t7-/m0/s1. The van der Waals surface area contributed by atoms with E-state index in [1.807, 2.05) is 0 Å². The normalized spacial score (nSPS) is 15.5. The average molecular weight is 206 g/mol. The fourth-order valence-corrected chi connectivity index (χ4v) is 1.47. The monoisotopic (exact) mass is 206 g/mol. The number of hydrazine groups is 1. The lowest BCUT2D eigenvalue weighted by molar-refractivity contribution is -0.151. The molecular weight excluding hydrogens is 192 g/mol. The number of rotatable bonds is 5. The molecule has 0 radical (unpaired) electrons. The summed E-state index contributed by atoms with van der Waals surface area (Å²) in [5.41, 5.74) is -1.39. The van der Waals surface area contributed by atoms with Gasteiger partial charge in [0.2, 0.25) is 0 Å². The second kappa shape index (κ2) is 4.59. The van der Waals surface area contributed by atoms with Crippen LogP contribution in [0.4, 0.5) is 0 Å². The Kier molecular flexibility index (Phi) is 4.38. The molecule has 0 amide bonds. The third kappa shape index (κ3) is 2.68. The molecule has 0 unspecified atom stereocenters. The van der Waals surface area contributed by atoms with Gasteiger partial charge >= 0.3 is 5.97 Å². The van der Waals surface area contributed by atoms with Gasteiger partial charge in [0.15, 0.2) is 0 Å². The third-order valence-corrected chi connectivity index (χ3v) is 2.40. The van der Waals surface area contributed by atoms with Crippen molar-refractivity contribution in [3.63, 3.8) is 0 Å². The van der Waals surface area contributed by atoms with Gasteiger partial charge in [-0.3, -0.25) is 15.4 Å². The van der Waals surface area contributed by atoms with Gasteiger partial charge in [-0.1, -0.05) is 0 Å². The summed E-state index contributed by atoms with van der Waals surface area (Å²) in [4.78, 5) is 21.8. The zero-order valence-corrected chi connectivity index (χ0v) is 8.54. The number of nitrogens with zero attached hydrogens (tertiary/aromatic N) is 1. The van der Waals surface area contributed by atoms with Crippen molar-refractivity contribution in [1.82, 2.24) is 5.01 Å². The maximum absolute atomic E-state index is 10.9. The summed E-state index contributed by atoms with van der Waals surface area (Å²) in [5.74, 6) is 4.01. The number of aliphatic carboxylic acids is 1. The molecule has 0 rings (SSSR count). The highest BCUT2D eigenvalue weighted by atomic mass is 32.1. The lowest BCUT2D eigenvalue weighted by Crippen LogP contribution is -2.58. The highest BCUT2D eigenvalue weighted by molar-refractivity contribution is 7.80. The molecule has 0 spiro atoms. The SMILES string of the molecule is CC(=O)C[C@](CS)(C(=O)O)N(C)N. The molecule has 0 saturated heterocycles. The van der Waals surface area contributed by atoms with Crippen molar-refractivity contribution in [3.8, 4) is 0 Å². The van der Waals surface area contributed by atoms with E-state index in [1.165, 1.54) is 14.0 Å². The molecule has 0 aromatic carbocycles. The van der Waals surface area contributed by atoms with Crippen LogP contribution in [-0.2, 0) is 9.59 Å². The minimum atomic E-state index is -1.39. The predicted molar refractivity (Wildman–Crippen MR) is 51.5 cm³/mol. The number of hydrogen-bond donors (Lipinski definition) is 3. The molecule has 0 bridgehead atoms. The number of carbonyl (C=O) groups excluding carboxylic acids is 1. The molecule has 1 atom stereocenters. The molecule has 3 N–H and O–H groups in total. The second-order valence-corrected chi connectivity index (χ2v) is 3.30. The first-order valence-electron chi connectivity index (χ1n) is 3.69. The Balaban J connectivity index is 4.87. The molecule has 0 aliphatic rings. The molecule has 6 heteroatoms. The van der Waals surface area contributed by atoms with Crippen molar-refractivity contribution in [2.24, 2.45) is 5.84 Å². The number of carboxylic acid groups (broad SMARTS) is 1. The highest BCUT2D eigenvalue weighted by Gasteiger charge is 2.41. The third-order valence-electron chi connectivity index (χ3n) is 1.88. The van der Waals surface area contributed by atoms with Crippen molar-refractivity contribution in [2.75, 3.05) is 12.8 Å². The quantitative estimate of drug-likeness (QED) is 0.321. The number of carboxylic acids is 1. The van der Waals surface area contributed by atoms with Crippen LogP contribution in [0.3, 0.4) is 0 Å². The molecule has 13 heavy (non-hydrogen) atoms. The van der Waals surface area contributed by atoms with Gasteiger partial charge in [0, 0.05) is 19.2 Å². The average Bonchev–Trinajstić information content (AvgIpc) is 1.98.